The molecule has 0 aromatic rings. The number of hydrogen-bond acceptors (Lipinski definition) is 2. The van der Waals surface area contributed by atoms with Gasteiger partial charge in [-0.2, -0.15) is 0 Å². The summed E-state index contributed by atoms with van der Waals surface area (Å²) >= 11 is 0. The van der Waals surface area contributed by atoms with Gasteiger partial charge >= 0.3 is 5.97 Å². The van der Waals surface area contributed by atoms with Crippen molar-refractivity contribution in [1.82, 2.24) is 4.90 Å². The monoisotopic (exact) mass is 253 g/mol. The Morgan fingerprint density at radius 1 is 1.00 bits per heavy atom. The Hall–Kier alpha value is -1.06. The highest BCUT2D eigenvalue weighted by Crippen LogP contribution is 2.33. The Kier molecular flexibility index (Phi) is 4.25. The predicted molar refractivity (Wildman–Crippen MR) is 68.1 cm³/mol. The molecule has 0 unspecified atom stereocenters. The maximum absolute atomic E-state index is 12.5. The Morgan fingerprint density at radius 3 is 2.22 bits per heavy atom. The van der Waals surface area contributed by atoms with Crippen LogP contribution >= 0.6 is 0 Å². The van der Waals surface area contributed by atoms with Crippen molar-refractivity contribution in [1.29, 1.82) is 0 Å². The maximum Gasteiger partial charge on any atom is 0.307 e. The van der Waals surface area contributed by atoms with Gasteiger partial charge < -0.3 is 10.0 Å². The molecule has 0 aromatic heterocycles. The molecule has 0 bridgehead atoms. The zero-order valence-electron chi connectivity index (χ0n) is 11.1. The largest absolute Gasteiger partial charge is 0.481 e. The molecule has 1 saturated carbocycles. The smallest absolute Gasteiger partial charge is 0.307 e. The van der Waals surface area contributed by atoms with E-state index < -0.39 is 11.9 Å². The minimum absolute atomic E-state index is 0.0919. The normalized spacial score (nSPS) is 33.2. The summed E-state index contributed by atoms with van der Waals surface area (Å²) in [6.07, 6.45) is 6.63. The van der Waals surface area contributed by atoms with Crippen LogP contribution in [0, 0.1) is 11.8 Å². The van der Waals surface area contributed by atoms with E-state index in [1.165, 1.54) is 6.42 Å². The van der Waals surface area contributed by atoms with E-state index in [1.807, 2.05) is 4.90 Å². The zero-order valence-corrected chi connectivity index (χ0v) is 11.1. The number of amides is 1. The Balaban J connectivity index is 2.07. The molecule has 2 fully saturated rings. The van der Waals surface area contributed by atoms with Crippen molar-refractivity contribution in [3.63, 3.8) is 0 Å². The number of carboxylic acids is 1. The summed E-state index contributed by atoms with van der Waals surface area (Å²) in [4.78, 5) is 25.7. The lowest BCUT2D eigenvalue weighted by Crippen LogP contribution is -2.48. The van der Waals surface area contributed by atoms with Crippen LogP contribution in [0.5, 0.6) is 0 Å². The van der Waals surface area contributed by atoms with Gasteiger partial charge in [-0.1, -0.05) is 12.8 Å². The second kappa shape index (κ2) is 5.72. The summed E-state index contributed by atoms with van der Waals surface area (Å²) in [5.74, 6) is -1.44. The van der Waals surface area contributed by atoms with Crippen LogP contribution in [0.25, 0.3) is 0 Å². The lowest BCUT2D eigenvalue weighted by Gasteiger charge is -2.38. The molecule has 4 nitrogen and oxygen atoms in total. The van der Waals surface area contributed by atoms with E-state index >= 15 is 0 Å². The first-order chi connectivity index (χ1) is 8.61. The van der Waals surface area contributed by atoms with Crippen molar-refractivity contribution in [2.45, 2.75) is 57.9 Å². The minimum atomic E-state index is -0.794. The Labute approximate surface area is 108 Å². The lowest BCUT2D eigenvalue weighted by atomic mass is 9.78. The van der Waals surface area contributed by atoms with E-state index in [0.29, 0.717) is 6.42 Å². The summed E-state index contributed by atoms with van der Waals surface area (Å²) in [6, 6.07) is 0.280. The number of hydrogen-bond donors (Lipinski definition) is 1. The summed E-state index contributed by atoms with van der Waals surface area (Å²) in [5.41, 5.74) is 0. The van der Waals surface area contributed by atoms with Crippen LogP contribution < -0.4 is 0 Å². The molecule has 1 N–H and O–H groups in total. The molecule has 2 aliphatic rings. The van der Waals surface area contributed by atoms with Gasteiger partial charge in [0.15, 0.2) is 0 Å². The third kappa shape index (κ3) is 2.68. The molecule has 2 rings (SSSR count). The molecule has 1 amide bonds. The number of carboxylic acid groups (broad SMARTS) is 1. The molecule has 1 aliphatic carbocycles. The van der Waals surface area contributed by atoms with Crippen LogP contribution in [0.2, 0.25) is 0 Å². The molecule has 1 saturated heterocycles. The molecule has 3 atom stereocenters. The molecule has 102 valence electrons. The van der Waals surface area contributed by atoms with Gasteiger partial charge in [0, 0.05) is 12.6 Å². The average molecular weight is 253 g/mol. The fraction of sp³-hybridized carbons (Fsp3) is 0.857. The van der Waals surface area contributed by atoms with Crippen molar-refractivity contribution in [3.8, 4) is 0 Å². The van der Waals surface area contributed by atoms with Gasteiger partial charge in [-0.25, -0.2) is 0 Å². The van der Waals surface area contributed by atoms with Gasteiger partial charge in [0.25, 0.3) is 0 Å². The molecular weight excluding hydrogens is 230 g/mol. The second-order valence-corrected chi connectivity index (χ2v) is 5.71. The number of aliphatic carboxylic acids is 1. The Bertz CT molecular complexity index is 329. The highest BCUT2D eigenvalue weighted by atomic mass is 16.4. The number of rotatable bonds is 2. The van der Waals surface area contributed by atoms with Crippen molar-refractivity contribution < 1.29 is 14.7 Å². The highest BCUT2D eigenvalue weighted by molar-refractivity contribution is 5.85. The van der Waals surface area contributed by atoms with Crippen molar-refractivity contribution in [3.05, 3.63) is 0 Å². The topological polar surface area (TPSA) is 57.6 Å². The SMILES string of the molecule is C[C@@H]1CCCCN1C(=O)[C@@H]1CCCC[C@H]1C(=O)O. The number of piperidine rings is 1. The molecule has 4 heteroatoms. The van der Waals surface area contributed by atoms with E-state index in [2.05, 4.69) is 6.92 Å². The van der Waals surface area contributed by atoms with Crippen molar-refractivity contribution >= 4 is 11.9 Å². The van der Waals surface area contributed by atoms with Crippen LogP contribution in [-0.4, -0.2) is 34.5 Å². The number of carbonyl (C=O) groups excluding carboxylic acids is 1. The van der Waals surface area contributed by atoms with Crippen LogP contribution in [0.15, 0.2) is 0 Å². The van der Waals surface area contributed by atoms with E-state index in [0.717, 1.165) is 38.6 Å². The van der Waals surface area contributed by atoms with E-state index in [9.17, 15) is 14.7 Å². The van der Waals surface area contributed by atoms with Gasteiger partial charge in [0.05, 0.1) is 11.8 Å². The molecule has 1 heterocycles. The van der Waals surface area contributed by atoms with Crippen LogP contribution in [0.4, 0.5) is 0 Å². The maximum atomic E-state index is 12.5. The van der Waals surface area contributed by atoms with Gasteiger partial charge in [-0.15, -0.1) is 0 Å². The Morgan fingerprint density at radius 2 is 1.61 bits per heavy atom. The minimum Gasteiger partial charge on any atom is -0.481 e. The lowest BCUT2D eigenvalue weighted by molar-refractivity contribution is -0.153. The number of nitrogens with zero attached hydrogens (tertiary/aromatic N) is 1. The summed E-state index contributed by atoms with van der Waals surface area (Å²) in [5, 5.41) is 9.25. The predicted octanol–water partition coefficient (Wildman–Crippen LogP) is 2.28. The fourth-order valence-corrected chi connectivity index (χ4v) is 3.36. The summed E-state index contributed by atoms with van der Waals surface area (Å²) in [6.45, 7) is 2.89. The molecule has 18 heavy (non-hydrogen) atoms. The zero-order chi connectivity index (χ0) is 13.1. The van der Waals surface area contributed by atoms with Gasteiger partial charge in [-0.3, -0.25) is 9.59 Å². The molecule has 0 radical (unpaired) electrons. The molecule has 0 aromatic carbocycles. The molecule has 1 aliphatic heterocycles. The van der Waals surface area contributed by atoms with E-state index in [-0.39, 0.29) is 17.9 Å². The van der Waals surface area contributed by atoms with Gasteiger partial charge in [0.2, 0.25) is 5.91 Å². The molecule has 0 spiro atoms. The second-order valence-electron chi connectivity index (χ2n) is 5.71. The first kappa shape index (κ1) is 13.4. The summed E-state index contributed by atoms with van der Waals surface area (Å²) < 4.78 is 0. The first-order valence-corrected chi connectivity index (χ1v) is 7.14. The van der Waals surface area contributed by atoms with E-state index in [4.69, 9.17) is 0 Å². The van der Waals surface area contributed by atoms with Crippen LogP contribution in [0.3, 0.4) is 0 Å². The van der Waals surface area contributed by atoms with Crippen molar-refractivity contribution in [2.24, 2.45) is 11.8 Å². The first-order valence-electron chi connectivity index (χ1n) is 7.14. The molecular formula is C14H23NO3. The van der Waals surface area contributed by atoms with E-state index in [1.54, 1.807) is 0 Å². The third-order valence-electron chi connectivity index (χ3n) is 4.49. The standard InChI is InChI=1S/C14H23NO3/c1-10-6-4-5-9-15(10)13(16)11-7-2-3-8-12(11)14(17)18/h10-12H,2-9H2,1H3,(H,17,18)/t10-,11-,12-/m1/s1. The van der Waals surface area contributed by atoms with Gasteiger partial charge in [-0.05, 0) is 39.0 Å². The van der Waals surface area contributed by atoms with Gasteiger partial charge in [0.1, 0.15) is 0 Å². The van der Waals surface area contributed by atoms with Crippen LogP contribution in [-0.2, 0) is 9.59 Å². The third-order valence-corrected chi connectivity index (χ3v) is 4.49. The quantitative estimate of drug-likeness (QED) is 0.821. The fourth-order valence-electron chi connectivity index (χ4n) is 3.36. The van der Waals surface area contributed by atoms with Crippen LogP contribution in [0.1, 0.15) is 51.9 Å². The summed E-state index contributed by atoms with van der Waals surface area (Å²) in [7, 11) is 0. The number of carbonyl (C=O) groups is 2. The average Bonchev–Trinajstić information content (AvgIpc) is 2.38. The highest BCUT2D eigenvalue weighted by Gasteiger charge is 2.39. The number of likely N-dealkylation sites (tertiary alicyclic amines) is 1. The van der Waals surface area contributed by atoms with Crippen molar-refractivity contribution in [2.75, 3.05) is 6.54 Å².